The fourth-order valence-electron chi connectivity index (χ4n) is 2.29. The normalized spacial score (nSPS) is 11.5. The molecule has 1 heterocycles. The Bertz CT molecular complexity index is 900. The highest BCUT2D eigenvalue weighted by Crippen LogP contribution is 2.34. The molecule has 0 aliphatic carbocycles. The van der Waals surface area contributed by atoms with Crippen LogP contribution < -0.4 is 0 Å². The van der Waals surface area contributed by atoms with Crippen molar-refractivity contribution in [3.63, 3.8) is 0 Å². The van der Waals surface area contributed by atoms with Crippen LogP contribution in [0.2, 0.25) is 0 Å². The first-order chi connectivity index (χ1) is 10.5. The summed E-state index contributed by atoms with van der Waals surface area (Å²) in [6, 6.07) is 16.0. The maximum absolute atomic E-state index is 11.3. The number of nitrogens with zero attached hydrogens (tertiary/aromatic N) is 1. The molecule has 3 aromatic rings. The third-order valence-corrected chi connectivity index (χ3v) is 4.70. The quantitative estimate of drug-likeness (QED) is 0.672. The summed E-state index contributed by atoms with van der Waals surface area (Å²) in [4.78, 5) is 0.0632. The highest BCUT2D eigenvalue weighted by Gasteiger charge is 2.17. The van der Waals surface area contributed by atoms with Gasteiger partial charge in [-0.1, -0.05) is 47.6 Å². The molecule has 0 aliphatic heterocycles. The average molecular weight is 334 g/mol. The molecule has 0 unspecified atom stereocenters. The van der Waals surface area contributed by atoms with Gasteiger partial charge in [-0.3, -0.25) is 0 Å². The van der Waals surface area contributed by atoms with Gasteiger partial charge in [-0.05, 0) is 24.6 Å². The third kappa shape index (κ3) is 2.77. The predicted octanol–water partition coefficient (Wildman–Crippen LogP) is 4.24. The fourth-order valence-corrected chi connectivity index (χ4v) is 3.06. The molecule has 0 atom stereocenters. The highest BCUT2D eigenvalue weighted by atomic mass is 35.7. The van der Waals surface area contributed by atoms with Crippen molar-refractivity contribution in [3.8, 4) is 22.4 Å². The number of benzene rings is 2. The second-order valence-corrected chi connectivity index (χ2v) is 7.36. The molecule has 6 heteroatoms. The van der Waals surface area contributed by atoms with Crippen LogP contribution >= 0.6 is 10.7 Å². The highest BCUT2D eigenvalue weighted by molar-refractivity contribution is 8.13. The summed E-state index contributed by atoms with van der Waals surface area (Å²) >= 11 is 0. The minimum Gasteiger partial charge on any atom is -0.360 e. The van der Waals surface area contributed by atoms with Gasteiger partial charge in [0.25, 0.3) is 9.05 Å². The molecule has 0 N–H and O–H groups in total. The molecule has 3 rings (SSSR count). The van der Waals surface area contributed by atoms with Gasteiger partial charge >= 0.3 is 0 Å². The van der Waals surface area contributed by atoms with E-state index in [-0.39, 0.29) is 4.90 Å². The summed E-state index contributed by atoms with van der Waals surface area (Å²) in [7, 11) is 1.61. The van der Waals surface area contributed by atoms with Crippen LogP contribution in [0.1, 0.15) is 5.76 Å². The SMILES string of the molecule is Cc1onc(-c2ccccc2)c1-c1ccc(S(=O)(=O)Cl)cc1. The maximum Gasteiger partial charge on any atom is 0.261 e. The molecule has 0 saturated carbocycles. The Hall–Kier alpha value is -2.11. The Balaban J connectivity index is 2.12. The van der Waals surface area contributed by atoms with Crippen molar-refractivity contribution in [1.29, 1.82) is 0 Å². The number of hydrogen-bond acceptors (Lipinski definition) is 4. The smallest absolute Gasteiger partial charge is 0.261 e. The zero-order chi connectivity index (χ0) is 15.7. The van der Waals surface area contributed by atoms with Crippen LogP contribution in [-0.4, -0.2) is 13.6 Å². The van der Waals surface area contributed by atoms with Gasteiger partial charge in [-0.15, -0.1) is 0 Å². The van der Waals surface area contributed by atoms with E-state index >= 15 is 0 Å². The van der Waals surface area contributed by atoms with E-state index < -0.39 is 9.05 Å². The van der Waals surface area contributed by atoms with Crippen LogP contribution in [-0.2, 0) is 9.05 Å². The number of hydrogen-bond donors (Lipinski definition) is 0. The van der Waals surface area contributed by atoms with Gasteiger partial charge in [0.05, 0.1) is 10.5 Å². The van der Waals surface area contributed by atoms with E-state index in [0.717, 1.165) is 22.4 Å². The predicted molar refractivity (Wildman–Crippen MR) is 85.2 cm³/mol. The number of rotatable bonds is 3. The Morgan fingerprint density at radius 2 is 1.59 bits per heavy atom. The summed E-state index contributed by atoms with van der Waals surface area (Å²) in [5.41, 5.74) is 3.31. The van der Waals surface area contributed by atoms with E-state index in [2.05, 4.69) is 5.16 Å². The Morgan fingerprint density at radius 1 is 0.955 bits per heavy atom. The summed E-state index contributed by atoms with van der Waals surface area (Å²) in [6.07, 6.45) is 0. The summed E-state index contributed by atoms with van der Waals surface area (Å²) < 4.78 is 27.9. The molecule has 0 saturated heterocycles. The van der Waals surface area contributed by atoms with Gasteiger partial charge in [0.15, 0.2) is 0 Å². The lowest BCUT2D eigenvalue weighted by atomic mass is 10.00. The van der Waals surface area contributed by atoms with Crippen molar-refractivity contribution in [1.82, 2.24) is 5.16 Å². The molecule has 0 aliphatic rings. The van der Waals surface area contributed by atoms with Crippen LogP contribution in [0.3, 0.4) is 0 Å². The van der Waals surface area contributed by atoms with Crippen LogP contribution in [0.5, 0.6) is 0 Å². The minimum absolute atomic E-state index is 0.0632. The first-order valence-corrected chi connectivity index (χ1v) is 8.84. The zero-order valence-electron chi connectivity index (χ0n) is 11.7. The molecule has 1 aromatic heterocycles. The van der Waals surface area contributed by atoms with E-state index in [4.69, 9.17) is 15.2 Å². The molecule has 112 valence electrons. The van der Waals surface area contributed by atoms with Gasteiger partial charge < -0.3 is 4.52 Å². The van der Waals surface area contributed by atoms with Gasteiger partial charge in [-0.2, -0.15) is 0 Å². The molecule has 22 heavy (non-hydrogen) atoms. The summed E-state index contributed by atoms with van der Waals surface area (Å²) in [5.74, 6) is 0.667. The largest absolute Gasteiger partial charge is 0.360 e. The average Bonchev–Trinajstić information content (AvgIpc) is 2.89. The lowest BCUT2D eigenvalue weighted by Crippen LogP contribution is -1.90. The van der Waals surface area contributed by atoms with Gasteiger partial charge in [0, 0.05) is 16.2 Å². The molecule has 0 bridgehead atoms. The first-order valence-electron chi connectivity index (χ1n) is 6.53. The van der Waals surface area contributed by atoms with Gasteiger partial charge in [0.1, 0.15) is 11.5 Å². The van der Waals surface area contributed by atoms with Crippen LogP contribution in [0.15, 0.2) is 64.0 Å². The monoisotopic (exact) mass is 333 g/mol. The summed E-state index contributed by atoms with van der Waals surface area (Å²) in [6.45, 7) is 1.82. The van der Waals surface area contributed by atoms with Crippen molar-refractivity contribution in [3.05, 3.63) is 60.4 Å². The number of halogens is 1. The van der Waals surface area contributed by atoms with Crippen LogP contribution in [0.25, 0.3) is 22.4 Å². The van der Waals surface area contributed by atoms with Crippen molar-refractivity contribution >= 4 is 19.7 Å². The van der Waals surface area contributed by atoms with E-state index in [1.54, 1.807) is 12.1 Å². The van der Waals surface area contributed by atoms with Gasteiger partial charge in [0.2, 0.25) is 0 Å². The molecule has 0 fully saturated rings. The molecule has 2 aromatic carbocycles. The van der Waals surface area contributed by atoms with E-state index in [1.165, 1.54) is 12.1 Å². The van der Waals surface area contributed by atoms with E-state index in [9.17, 15) is 8.42 Å². The molecule has 4 nitrogen and oxygen atoms in total. The topological polar surface area (TPSA) is 60.2 Å². The first kappa shape index (κ1) is 14.8. The summed E-state index contributed by atoms with van der Waals surface area (Å²) in [5, 5.41) is 4.11. The molecule has 0 spiro atoms. The van der Waals surface area contributed by atoms with Crippen LogP contribution in [0, 0.1) is 6.92 Å². The molecule has 0 radical (unpaired) electrons. The van der Waals surface area contributed by atoms with E-state index in [1.807, 2.05) is 37.3 Å². The molecular formula is C16H12ClNO3S. The second-order valence-electron chi connectivity index (χ2n) is 4.79. The third-order valence-electron chi connectivity index (χ3n) is 3.33. The van der Waals surface area contributed by atoms with Crippen molar-refractivity contribution in [2.24, 2.45) is 0 Å². The molecular weight excluding hydrogens is 322 g/mol. The van der Waals surface area contributed by atoms with Gasteiger partial charge in [-0.25, -0.2) is 8.42 Å². The Labute approximate surface area is 132 Å². The van der Waals surface area contributed by atoms with Crippen molar-refractivity contribution in [2.45, 2.75) is 11.8 Å². The fraction of sp³-hybridized carbons (Fsp3) is 0.0625. The lowest BCUT2D eigenvalue weighted by Gasteiger charge is -2.04. The van der Waals surface area contributed by atoms with Crippen molar-refractivity contribution < 1.29 is 12.9 Å². The second kappa shape index (κ2) is 5.59. The Morgan fingerprint density at radius 3 is 2.18 bits per heavy atom. The lowest BCUT2D eigenvalue weighted by molar-refractivity contribution is 0.400. The molecule has 0 amide bonds. The van der Waals surface area contributed by atoms with E-state index in [0.29, 0.717) is 5.76 Å². The van der Waals surface area contributed by atoms with Crippen molar-refractivity contribution in [2.75, 3.05) is 0 Å². The number of aromatic nitrogens is 1. The minimum atomic E-state index is -3.73. The maximum atomic E-state index is 11.3. The zero-order valence-corrected chi connectivity index (χ0v) is 13.2. The number of aryl methyl sites for hydroxylation is 1. The standard InChI is InChI=1S/C16H12ClNO3S/c1-11-15(12-7-9-14(10-8-12)22(17,19)20)16(18-21-11)13-5-3-2-4-6-13/h2-10H,1H3. The van der Waals surface area contributed by atoms with Crippen LogP contribution in [0.4, 0.5) is 0 Å². The Kier molecular flexibility index (Phi) is 3.76.